The average Bonchev–Trinajstić information content (AvgIpc) is 2.16. The lowest BCUT2D eigenvalue weighted by Gasteiger charge is -2.25. The van der Waals surface area contributed by atoms with Crippen LogP contribution in [0.15, 0.2) is 18.2 Å². The fourth-order valence-electron chi connectivity index (χ4n) is 1.52. The molecular formula is C12H20N2. The van der Waals surface area contributed by atoms with Crippen LogP contribution in [0.2, 0.25) is 0 Å². The monoisotopic (exact) mass is 192 g/mol. The van der Waals surface area contributed by atoms with Crippen molar-refractivity contribution < 1.29 is 0 Å². The predicted octanol–water partition coefficient (Wildman–Crippen LogP) is 2.30. The Bertz CT molecular complexity index is 305. The summed E-state index contributed by atoms with van der Waals surface area (Å²) in [5.74, 6) is 0. The van der Waals surface area contributed by atoms with E-state index in [9.17, 15) is 0 Å². The minimum atomic E-state index is 0.525. The Balaban J connectivity index is 2.99. The molecule has 1 aromatic rings. The van der Waals surface area contributed by atoms with Crippen LogP contribution in [0.1, 0.15) is 25.0 Å². The molecule has 0 amide bonds. The second-order valence-electron chi connectivity index (χ2n) is 4.03. The van der Waals surface area contributed by atoms with E-state index in [4.69, 9.17) is 5.73 Å². The number of anilines is 1. The normalized spacial score (nSPS) is 10.7. The Morgan fingerprint density at radius 3 is 2.43 bits per heavy atom. The number of hydrogen-bond donors (Lipinski definition) is 1. The molecule has 0 aromatic heterocycles. The molecule has 78 valence electrons. The molecule has 0 bridgehead atoms. The number of hydrogen-bond acceptors (Lipinski definition) is 2. The molecule has 1 rings (SSSR count). The Labute approximate surface area is 86.7 Å². The van der Waals surface area contributed by atoms with Crippen LogP contribution in [0.5, 0.6) is 0 Å². The van der Waals surface area contributed by atoms with Gasteiger partial charge in [0.25, 0.3) is 0 Å². The lowest BCUT2D eigenvalue weighted by molar-refractivity contribution is 0.752. The molecule has 0 aliphatic carbocycles. The second kappa shape index (κ2) is 4.47. The summed E-state index contributed by atoms with van der Waals surface area (Å²) in [5.41, 5.74) is 9.37. The van der Waals surface area contributed by atoms with E-state index in [1.54, 1.807) is 0 Å². The predicted molar refractivity (Wildman–Crippen MR) is 62.6 cm³/mol. The van der Waals surface area contributed by atoms with Crippen LogP contribution >= 0.6 is 0 Å². The molecule has 0 aliphatic rings. The first-order valence-electron chi connectivity index (χ1n) is 5.08. The van der Waals surface area contributed by atoms with Crippen LogP contribution in [0, 0.1) is 6.92 Å². The minimum Gasteiger partial charge on any atom is -0.372 e. The van der Waals surface area contributed by atoms with Crippen LogP contribution in [0.4, 0.5) is 5.69 Å². The summed E-state index contributed by atoms with van der Waals surface area (Å²) in [6.07, 6.45) is 0. The van der Waals surface area contributed by atoms with Gasteiger partial charge in [-0.3, -0.25) is 0 Å². The molecule has 2 heteroatoms. The molecular weight excluding hydrogens is 172 g/mol. The number of rotatable bonds is 3. The molecule has 0 saturated heterocycles. The molecule has 0 unspecified atom stereocenters. The van der Waals surface area contributed by atoms with Gasteiger partial charge in [-0.2, -0.15) is 0 Å². The van der Waals surface area contributed by atoms with Crippen molar-refractivity contribution >= 4 is 5.69 Å². The van der Waals surface area contributed by atoms with Gasteiger partial charge in [0.1, 0.15) is 0 Å². The van der Waals surface area contributed by atoms with Crippen LogP contribution in [-0.2, 0) is 6.54 Å². The first-order valence-corrected chi connectivity index (χ1v) is 5.08. The van der Waals surface area contributed by atoms with E-state index < -0.39 is 0 Å². The summed E-state index contributed by atoms with van der Waals surface area (Å²) in [5, 5.41) is 0. The number of benzene rings is 1. The first kappa shape index (κ1) is 11.1. The van der Waals surface area contributed by atoms with Crippen molar-refractivity contribution in [1.82, 2.24) is 0 Å². The van der Waals surface area contributed by atoms with Crippen molar-refractivity contribution in [2.75, 3.05) is 11.9 Å². The Morgan fingerprint density at radius 1 is 1.36 bits per heavy atom. The maximum atomic E-state index is 5.59. The zero-order valence-corrected chi connectivity index (χ0v) is 9.54. The third-order valence-corrected chi connectivity index (χ3v) is 2.65. The molecule has 14 heavy (non-hydrogen) atoms. The average molecular weight is 192 g/mol. The van der Waals surface area contributed by atoms with Gasteiger partial charge in [-0.1, -0.05) is 12.1 Å². The molecule has 0 radical (unpaired) electrons. The third kappa shape index (κ3) is 2.26. The number of nitrogens with zero attached hydrogens (tertiary/aromatic N) is 1. The van der Waals surface area contributed by atoms with Gasteiger partial charge in [0, 0.05) is 25.3 Å². The van der Waals surface area contributed by atoms with Crippen LogP contribution in [0.3, 0.4) is 0 Å². The van der Waals surface area contributed by atoms with Gasteiger partial charge in [-0.05, 0) is 38.0 Å². The summed E-state index contributed by atoms with van der Waals surface area (Å²) in [7, 11) is 2.12. The zero-order chi connectivity index (χ0) is 10.7. The number of nitrogens with two attached hydrogens (primary N) is 1. The van der Waals surface area contributed by atoms with Gasteiger partial charge >= 0.3 is 0 Å². The summed E-state index contributed by atoms with van der Waals surface area (Å²) in [6, 6.07) is 6.94. The van der Waals surface area contributed by atoms with Gasteiger partial charge in [0.2, 0.25) is 0 Å². The second-order valence-corrected chi connectivity index (χ2v) is 4.03. The highest BCUT2D eigenvalue weighted by molar-refractivity contribution is 5.54. The van der Waals surface area contributed by atoms with Gasteiger partial charge in [-0.25, -0.2) is 0 Å². The van der Waals surface area contributed by atoms with E-state index in [1.807, 2.05) is 0 Å². The van der Waals surface area contributed by atoms with Crippen LogP contribution in [0.25, 0.3) is 0 Å². The van der Waals surface area contributed by atoms with Crippen molar-refractivity contribution in [1.29, 1.82) is 0 Å². The van der Waals surface area contributed by atoms with Crippen LogP contribution < -0.4 is 10.6 Å². The molecule has 2 nitrogen and oxygen atoms in total. The standard InChI is InChI=1S/C12H20N2/c1-9(2)14(4)12-6-5-11(8-13)7-10(12)3/h5-7,9H,8,13H2,1-4H3. The Hall–Kier alpha value is -1.02. The third-order valence-electron chi connectivity index (χ3n) is 2.65. The molecule has 2 N–H and O–H groups in total. The van der Waals surface area contributed by atoms with Crippen LogP contribution in [-0.4, -0.2) is 13.1 Å². The highest BCUT2D eigenvalue weighted by atomic mass is 15.1. The van der Waals surface area contributed by atoms with Crippen molar-refractivity contribution in [3.8, 4) is 0 Å². The Morgan fingerprint density at radius 2 is 2.00 bits per heavy atom. The molecule has 0 atom stereocenters. The first-order chi connectivity index (χ1) is 6.56. The lowest BCUT2D eigenvalue weighted by Crippen LogP contribution is -2.26. The topological polar surface area (TPSA) is 29.3 Å². The van der Waals surface area contributed by atoms with E-state index in [2.05, 4.69) is 50.9 Å². The molecule has 0 spiro atoms. The maximum absolute atomic E-state index is 5.59. The van der Waals surface area contributed by atoms with Crippen molar-refractivity contribution in [3.63, 3.8) is 0 Å². The smallest absolute Gasteiger partial charge is 0.0395 e. The summed E-state index contributed by atoms with van der Waals surface area (Å²) < 4.78 is 0. The van der Waals surface area contributed by atoms with E-state index in [0.717, 1.165) is 0 Å². The van der Waals surface area contributed by atoms with Crippen molar-refractivity contribution in [2.45, 2.75) is 33.4 Å². The van der Waals surface area contributed by atoms with E-state index in [-0.39, 0.29) is 0 Å². The SMILES string of the molecule is Cc1cc(CN)ccc1N(C)C(C)C. The summed E-state index contributed by atoms with van der Waals surface area (Å²) >= 11 is 0. The number of aryl methyl sites for hydroxylation is 1. The molecule has 0 saturated carbocycles. The van der Waals surface area contributed by atoms with Crippen molar-refractivity contribution in [3.05, 3.63) is 29.3 Å². The largest absolute Gasteiger partial charge is 0.372 e. The molecule has 0 fully saturated rings. The van der Waals surface area contributed by atoms with Gasteiger partial charge in [0.05, 0.1) is 0 Å². The zero-order valence-electron chi connectivity index (χ0n) is 9.54. The van der Waals surface area contributed by atoms with Gasteiger partial charge < -0.3 is 10.6 Å². The summed E-state index contributed by atoms with van der Waals surface area (Å²) in [6.45, 7) is 7.13. The van der Waals surface area contributed by atoms with E-state index in [0.29, 0.717) is 12.6 Å². The van der Waals surface area contributed by atoms with Gasteiger partial charge in [-0.15, -0.1) is 0 Å². The Kier molecular flexibility index (Phi) is 3.53. The molecule has 0 heterocycles. The molecule has 0 aliphatic heterocycles. The highest BCUT2D eigenvalue weighted by Gasteiger charge is 2.07. The van der Waals surface area contributed by atoms with Crippen molar-refractivity contribution in [2.24, 2.45) is 5.73 Å². The van der Waals surface area contributed by atoms with E-state index in [1.165, 1.54) is 16.8 Å². The fourth-order valence-corrected chi connectivity index (χ4v) is 1.52. The minimum absolute atomic E-state index is 0.525. The molecule has 1 aromatic carbocycles. The lowest BCUT2D eigenvalue weighted by atomic mass is 10.1. The van der Waals surface area contributed by atoms with Gasteiger partial charge in [0.15, 0.2) is 0 Å². The highest BCUT2D eigenvalue weighted by Crippen LogP contribution is 2.21. The summed E-state index contributed by atoms with van der Waals surface area (Å²) in [4.78, 5) is 2.27. The maximum Gasteiger partial charge on any atom is 0.0395 e. The fraction of sp³-hybridized carbons (Fsp3) is 0.500. The quantitative estimate of drug-likeness (QED) is 0.796. The van der Waals surface area contributed by atoms with E-state index >= 15 is 0 Å².